The molecule has 0 aliphatic carbocycles. The van der Waals surface area contributed by atoms with E-state index in [-0.39, 0.29) is 0 Å². The summed E-state index contributed by atoms with van der Waals surface area (Å²) in [6.45, 7) is 0. The van der Waals surface area contributed by atoms with Gasteiger partial charge in [-0.1, -0.05) is 60.7 Å². The molecule has 0 aliphatic rings. The molecule has 0 fully saturated rings. The summed E-state index contributed by atoms with van der Waals surface area (Å²) in [5.74, 6) is -1.00. The number of aliphatic hydroxyl groups is 1. The molecule has 0 spiro atoms. The lowest BCUT2D eigenvalue weighted by Gasteiger charge is -2.21. The van der Waals surface area contributed by atoms with Gasteiger partial charge < -0.3 is 9.84 Å². The van der Waals surface area contributed by atoms with Gasteiger partial charge in [0.2, 0.25) is 0 Å². The molecule has 0 radical (unpaired) electrons. The lowest BCUT2D eigenvalue weighted by molar-refractivity contribution is -0.149. The van der Waals surface area contributed by atoms with E-state index in [1.807, 2.05) is 60.7 Å². The number of rotatable bonds is 5. The van der Waals surface area contributed by atoms with Crippen molar-refractivity contribution in [1.29, 1.82) is 0 Å². The van der Waals surface area contributed by atoms with Gasteiger partial charge in [0, 0.05) is 0 Å². The Morgan fingerprint density at radius 3 is 2.15 bits per heavy atom. The van der Waals surface area contributed by atoms with E-state index in [0.717, 1.165) is 11.1 Å². The Kier molecular flexibility index (Phi) is 4.91. The second-order valence-electron chi connectivity index (χ2n) is 4.67. The molecule has 0 saturated carbocycles. The second-order valence-corrected chi connectivity index (χ2v) is 4.67. The number of carbonyl (C=O) groups is 1. The van der Waals surface area contributed by atoms with E-state index in [4.69, 9.17) is 4.74 Å². The Labute approximate surface area is 118 Å². The third-order valence-electron chi connectivity index (χ3n) is 3.32. The molecule has 3 nitrogen and oxygen atoms in total. The number of benzene rings is 2. The number of carbonyl (C=O) groups excluding carboxylic acids is 1. The third-order valence-corrected chi connectivity index (χ3v) is 3.32. The summed E-state index contributed by atoms with van der Waals surface area (Å²) in [6, 6.07) is 18.8. The lowest BCUT2D eigenvalue weighted by Crippen LogP contribution is -2.25. The summed E-state index contributed by atoms with van der Waals surface area (Å²) in [7, 11) is 1.35. The lowest BCUT2D eigenvalue weighted by atomic mass is 9.90. The molecule has 0 unspecified atom stereocenters. The summed E-state index contributed by atoms with van der Waals surface area (Å²) < 4.78 is 4.83. The minimum Gasteiger partial charge on any atom is -0.469 e. The van der Waals surface area contributed by atoms with E-state index in [1.54, 1.807) is 0 Å². The SMILES string of the molecule is COC(=O)[C@@H](Cc1ccccc1)[C@H](O)c1ccccc1. The number of hydrogen-bond acceptors (Lipinski definition) is 3. The van der Waals surface area contributed by atoms with E-state index in [9.17, 15) is 9.90 Å². The first kappa shape index (κ1) is 14.3. The van der Waals surface area contributed by atoms with Crippen LogP contribution in [0.2, 0.25) is 0 Å². The van der Waals surface area contributed by atoms with Crippen molar-refractivity contribution in [3.05, 3.63) is 71.8 Å². The zero-order chi connectivity index (χ0) is 14.4. The van der Waals surface area contributed by atoms with Crippen molar-refractivity contribution in [3.63, 3.8) is 0 Å². The standard InChI is InChI=1S/C17H18O3/c1-20-17(19)15(12-13-8-4-2-5-9-13)16(18)14-10-6-3-7-11-14/h2-11,15-16,18H,12H2,1H3/t15-,16+/m0/s1. The first-order valence-corrected chi connectivity index (χ1v) is 6.57. The number of hydrogen-bond donors (Lipinski definition) is 1. The molecule has 0 saturated heterocycles. The van der Waals surface area contributed by atoms with Gasteiger partial charge in [-0.15, -0.1) is 0 Å². The molecule has 20 heavy (non-hydrogen) atoms. The van der Waals surface area contributed by atoms with E-state index >= 15 is 0 Å². The first-order chi connectivity index (χ1) is 9.72. The van der Waals surface area contributed by atoms with Crippen molar-refractivity contribution in [1.82, 2.24) is 0 Å². The van der Waals surface area contributed by atoms with Gasteiger partial charge >= 0.3 is 5.97 Å². The molecule has 104 valence electrons. The van der Waals surface area contributed by atoms with E-state index in [1.165, 1.54) is 7.11 Å². The van der Waals surface area contributed by atoms with Gasteiger partial charge in [0.1, 0.15) is 0 Å². The molecule has 2 rings (SSSR count). The molecule has 2 aromatic rings. The highest BCUT2D eigenvalue weighted by molar-refractivity contribution is 5.73. The fourth-order valence-electron chi connectivity index (χ4n) is 2.23. The molecular weight excluding hydrogens is 252 g/mol. The van der Waals surface area contributed by atoms with Crippen molar-refractivity contribution in [3.8, 4) is 0 Å². The molecule has 0 aliphatic heterocycles. The number of methoxy groups -OCH3 is 1. The summed E-state index contributed by atoms with van der Waals surface area (Å²) in [4.78, 5) is 11.9. The van der Waals surface area contributed by atoms with Gasteiger partial charge in [-0.2, -0.15) is 0 Å². The Balaban J connectivity index is 2.22. The quantitative estimate of drug-likeness (QED) is 0.850. The average molecular weight is 270 g/mol. The van der Waals surface area contributed by atoms with Gasteiger partial charge in [0.15, 0.2) is 0 Å². The summed E-state index contributed by atoms with van der Waals surface area (Å²) in [6.07, 6.45) is -0.423. The Morgan fingerprint density at radius 1 is 1.05 bits per heavy atom. The fraction of sp³-hybridized carbons (Fsp3) is 0.235. The topological polar surface area (TPSA) is 46.5 Å². The molecule has 0 aromatic heterocycles. The highest BCUT2D eigenvalue weighted by atomic mass is 16.5. The van der Waals surface area contributed by atoms with E-state index in [2.05, 4.69) is 0 Å². The van der Waals surface area contributed by atoms with Crippen LogP contribution in [-0.4, -0.2) is 18.2 Å². The van der Waals surface area contributed by atoms with Gasteiger partial charge in [0.05, 0.1) is 19.1 Å². The number of esters is 1. The summed E-state index contributed by atoms with van der Waals surface area (Å²) in [5.41, 5.74) is 1.72. The maximum Gasteiger partial charge on any atom is 0.311 e. The average Bonchev–Trinajstić information content (AvgIpc) is 2.53. The zero-order valence-electron chi connectivity index (χ0n) is 11.4. The molecular formula is C17H18O3. The van der Waals surface area contributed by atoms with Crippen LogP contribution in [-0.2, 0) is 16.0 Å². The number of ether oxygens (including phenoxy) is 1. The molecule has 0 bridgehead atoms. The van der Waals surface area contributed by atoms with Crippen LogP contribution in [0.15, 0.2) is 60.7 Å². The smallest absolute Gasteiger partial charge is 0.311 e. The largest absolute Gasteiger partial charge is 0.469 e. The predicted molar refractivity (Wildman–Crippen MR) is 77.1 cm³/mol. The normalized spacial score (nSPS) is 13.5. The van der Waals surface area contributed by atoms with E-state index < -0.39 is 18.0 Å². The summed E-state index contributed by atoms with van der Waals surface area (Å²) >= 11 is 0. The van der Waals surface area contributed by atoms with Gasteiger partial charge in [0.25, 0.3) is 0 Å². The molecule has 2 aromatic carbocycles. The maximum atomic E-state index is 11.9. The molecule has 1 N–H and O–H groups in total. The van der Waals surface area contributed by atoms with Crippen LogP contribution >= 0.6 is 0 Å². The third kappa shape index (κ3) is 3.45. The zero-order valence-corrected chi connectivity index (χ0v) is 11.4. The molecule has 2 atom stereocenters. The number of aliphatic hydroxyl groups excluding tert-OH is 1. The van der Waals surface area contributed by atoms with Crippen molar-refractivity contribution in [2.45, 2.75) is 12.5 Å². The van der Waals surface area contributed by atoms with Crippen molar-refractivity contribution in [2.24, 2.45) is 5.92 Å². The van der Waals surface area contributed by atoms with Gasteiger partial charge in [-0.05, 0) is 17.5 Å². The van der Waals surface area contributed by atoms with Crippen LogP contribution in [0.4, 0.5) is 0 Å². The predicted octanol–water partition coefficient (Wildman–Crippen LogP) is 2.75. The van der Waals surface area contributed by atoms with Crippen LogP contribution < -0.4 is 0 Å². The summed E-state index contributed by atoms with van der Waals surface area (Å²) in [5, 5.41) is 10.4. The van der Waals surface area contributed by atoms with Crippen LogP contribution in [0.25, 0.3) is 0 Å². The van der Waals surface area contributed by atoms with Gasteiger partial charge in [-0.25, -0.2) is 0 Å². The highest BCUT2D eigenvalue weighted by Gasteiger charge is 2.29. The molecule has 0 heterocycles. The van der Waals surface area contributed by atoms with Crippen molar-refractivity contribution >= 4 is 5.97 Å². The maximum absolute atomic E-state index is 11.9. The van der Waals surface area contributed by atoms with E-state index in [0.29, 0.717) is 6.42 Å². The minimum absolute atomic E-state index is 0.398. The molecule has 0 amide bonds. The van der Waals surface area contributed by atoms with Crippen molar-refractivity contribution in [2.75, 3.05) is 7.11 Å². The van der Waals surface area contributed by atoms with Crippen LogP contribution in [0.5, 0.6) is 0 Å². The van der Waals surface area contributed by atoms with Crippen LogP contribution in [0.1, 0.15) is 17.2 Å². The first-order valence-electron chi connectivity index (χ1n) is 6.57. The highest BCUT2D eigenvalue weighted by Crippen LogP contribution is 2.26. The van der Waals surface area contributed by atoms with Gasteiger partial charge in [-0.3, -0.25) is 4.79 Å². The second kappa shape index (κ2) is 6.87. The Bertz CT molecular complexity index is 537. The Hall–Kier alpha value is -2.13. The van der Waals surface area contributed by atoms with Crippen molar-refractivity contribution < 1.29 is 14.6 Å². The fourth-order valence-corrected chi connectivity index (χ4v) is 2.23. The molecule has 3 heteroatoms. The monoisotopic (exact) mass is 270 g/mol. The van der Waals surface area contributed by atoms with Crippen LogP contribution in [0, 0.1) is 5.92 Å². The Morgan fingerprint density at radius 2 is 1.60 bits per heavy atom. The minimum atomic E-state index is -0.871. The van der Waals surface area contributed by atoms with Crippen LogP contribution in [0.3, 0.4) is 0 Å².